The number of methoxy groups -OCH3 is 1. The molecule has 0 unspecified atom stereocenters. The molecule has 6 heteroatoms. The molecule has 1 heterocycles. The Labute approximate surface area is 150 Å². The minimum atomic E-state index is -0.495. The molecule has 0 saturated carbocycles. The van der Waals surface area contributed by atoms with Gasteiger partial charge in [0.15, 0.2) is 5.69 Å². The summed E-state index contributed by atoms with van der Waals surface area (Å²) in [5.74, 6) is 0.112. The van der Waals surface area contributed by atoms with Crippen LogP contribution in [0.1, 0.15) is 16.1 Å². The normalized spacial score (nSPS) is 10.3. The van der Waals surface area contributed by atoms with Gasteiger partial charge in [-0.15, -0.1) is 10.2 Å². The molecular formula is C19H17N3O2S. The lowest BCUT2D eigenvalue weighted by Crippen LogP contribution is -2.08. The minimum Gasteiger partial charge on any atom is -0.464 e. The van der Waals surface area contributed by atoms with Crippen molar-refractivity contribution in [2.75, 3.05) is 12.4 Å². The summed E-state index contributed by atoms with van der Waals surface area (Å²) < 4.78 is 4.60. The van der Waals surface area contributed by atoms with E-state index in [1.807, 2.05) is 18.2 Å². The molecule has 2 aromatic carbocycles. The first-order chi connectivity index (χ1) is 12.2. The number of rotatable bonds is 6. The molecule has 0 saturated heterocycles. The first-order valence-corrected chi connectivity index (χ1v) is 8.54. The van der Waals surface area contributed by atoms with E-state index in [0.717, 1.165) is 5.56 Å². The highest BCUT2D eigenvalue weighted by Crippen LogP contribution is 2.27. The minimum absolute atomic E-state index is 0.190. The van der Waals surface area contributed by atoms with E-state index in [1.54, 1.807) is 23.9 Å². The third kappa shape index (κ3) is 4.81. The molecule has 3 rings (SSSR count). The third-order valence-electron chi connectivity index (χ3n) is 3.43. The number of hydrogen-bond acceptors (Lipinski definition) is 6. The Morgan fingerprint density at radius 3 is 2.32 bits per heavy atom. The predicted molar refractivity (Wildman–Crippen MR) is 97.7 cm³/mol. The summed E-state index contributed by atoms with van der Waals surface area (Å²) in [6.07, 6.45) is 0. The van der Waals surface area contributed by atoms with Crippen LogP contribution in [0.25, 0.3) is 0 Å². The average molecular weight is 351 g/mol. The van der Waals surface area contributed by atoms with Crippen molar-refractivity contribution < 1.29 is 9.53 Å². The lowest BCUT2D eigenvalue weighted by Gasteiger charge is -2.07. The fourth-order valence-electron chi connectivity index (χ4n) is 2.13. The smallest absolute Gasteiger partial charge is 0.358 e. The van der Waals surface area contributed by atoms with Crippen molar-refractivity contribution in [2.24, 2.45) is 0 Å². The SMILES string of the molecule is COC(=O)c1ccc(NCc2ccc(Sc3ccccc3)cc2)nn1. The Kier molecular flexibility index (Phi) is 5.64. The molecule has 0 aliphatic rings. The molecule has 0 amide bonds. The van der Waals surface area contributed by atoms with Crippen LogP contribution in [0.15, 0.2) is 76.5 Å². The van der Waals surface area contributed by atoms with Crippen LogP contribution in [-0.2, 0) is 11.3 Å². The molecule has 25 heavy (non-hydrogen) atoms. The van der Waals surface area contributed by atoms with Gasteiger partial charge in [0.05, 0.1) is 7.11 Å². The molecule has 0 radical (unpaired) electrons. The van der Waals surface area contributed by atoms with Gasteiger partial charge in [-0.05, 0) is 42.0 Å². The molecule has 5 nitrogen and oxygen atoms in total. The van der Waals surface area contributed by atoms with Crippen LogP contribution in [0.4, 0.5) is 5.82 Å². The number of carbonyl (C=O) groups is 1. The Morgan fingerprint density at radius 1 is 0.960 bits per heavy atom. The molecule has 0 fully saturated rings. The Hall–Kier alpha value is -2.86. The Bertz CT molecular complexity index is 822. The zero-order valence-corrected chi connectivity index (χ0v) is 14.5. The number of ether oxygens (including phenoxy) is 1. The average Bonchev–Trinajstić information content (AvgIpc) is 2.68. The van der Waals surface area contributed by atoms with Gasteiger partial charge in [-0.3, -0.25) is 0 Å². The van der Waals surface area contributed by atoms with Crippen molar-refractivity contribution in [3.05, 3.63) is 78.0 Å². The number of carbonyl (C=O) groups excluding carboxylic acids is 1. The van der Waals surface area contributed by atoms with Crippen molar-refractivity contribution >= 4 is 23.5 Å². The fraction of sp³-hybridized carbons (Fsp3) is 0.105. The summed E-state index contributed by atoms with van der Waals surface area (Å²) in [5, 5.41) is 11.0. The van der Waals surface area contributed by atoms with Gasteiger partial charge < -0.3 is 10.1 Å². The van der Waals surface area contributed by atoms with Crippen LogP contribution in [0.3, 0.4) is 0 Å². The molecule has 1 aromatic heterocycles. The quantitative estimate of drug-likeness (QED) is 0.677. The lowest BCUT2D eigenvalue weighted by atomic mass is 10.2. The van der Waals surface area contributed by atoms with Crippen molar-refractivity contribution in [3.8, 4) is 0 Å². The van der Waals surface area contributed by atoms with Crippen molar-refractivity contribution in [1.29, 1.82) is 0 Å². The molecule has 0 aliphatic heterocycles. The molecule has 0 atom stereocenters. The van der Waals surface area contributed by atoms with Gasteiger partial charge in [-0.25, -0.2) is 4.79 Å². The summed E-state index contributed by atoms with van der Waals surface area (Å²) in [7, 11) is 1.32. The lowest BCUT2D eigenvalue weighted by molar-refractivity contribution is 0.0593. The highest BCUT2D eigenvalue weighted by atomic mass is 32.2. The number of aromatic nitrogens is 2. The van der Waals surface area contributed by atoms with Crippen LogP contribution >= 0.6 is 11.8 Å². The molecule has 0 spiro atoms. The van der Waals surface area contributed by atoms with E-state index in [4.69, 9.17) is 0 Å². The topological polar surface area (TPSA) is 64.1 Å². The van der Waals surface area contributed by atoms with Crippen LogP contribution in [0.5, 0.6) is 0 Å². The number of benzene rings is 2. The highest BCUT2D eigenvalue weighted by molar-refractivity contribution is 7.99. The number of esters is 1. The largest absolute Gasteiger partial charge is 0.464 e. The molecule has 126 valence electrons. The van der Waals surface area contributed by atoms with Gasteiger partial charge in [0.1, 0.15) is 5.82 Å². The van der Waals surface area contributed by atoms with E-state index >= 15 is 0 Å². The number of anilines is 1. The first-order valence-electron chi connectivity index (χ1n) is 7.72. The zero-order valence-electron chi connectivity index (χ0n) is 13.7. The maximum absolute atomic E-state index is 11.3. The molecular weight excluding hydrogens is 334 g/mol. The van der Waals surface area contributed by atoms with E-state index in [2.05, 4.69) is 56.6 Å². The van der Waals surface area contributed by atoms with E-state index in [1.165, 1.54) is 16.9 Å². The van der Waals surface area contributed by atoms with Crippen LogP contribution in [0, 0.1) is 0 Å². The molecule has 3 aromatic rings. The van der Waals surface area contributed by atoms with Gasteiger partial charge >= 0.3 is 5.97 Å². The van der Waals surface area contributed by atoms with Gasteiger partial charge in [0.25, 0.3) is 0 Å². The Balaban J connectivity index is 1.56. The Morgan fingerprint density at radius 2 is 1.68 bits per heavy atom. The van der Waals surface area contributed by atoms with E-state index in [-0.39, 0.29) is 5.69 Å². The second kappa shape index (κ2) is 8.30. The maximum atomic E-state index is 11.3. The second-order valence-corrected chi connectivity index (χ2v) is 6.35. The van der Waals surface area contributed by atoms with E-state index in [0.29, 0.717) is 12.4 Å². The summed E-state index contributed by atoms with van der Waals surface area (Å²) >= 11 is 1.73. The standard InChI is InChI=1S/C19H17N3O2S/c1-24-19(23)17-11-12-18(22-21-17)20-13-14-7-9-16(10-8-14)25-15-5-3-2-4-6-15/h2-12H,13H2,1H3,(H,20,22). The molecule has 0 aliphatic carbocycles. The van der Waals surface area contributed by atoms with Gasteiger partial charge in [-0.1, -0.05) is 42.1 Å². The summed E-state index contributed by atoms with van der Waals surface area (Å²) in [4.78, 5) is 13.7. The van der Waals surface area contributed by atoms with Crippen LogP contribution in [-0.4, -0.2) is 23.3 Å². The van der Waals surface area contributed by atoms with Crippen molar-refractivity contribution in [2.45, 2.75) is 16.3 Å². The van der Waals surface area contributed by atoms with Crippen LogP contribution < -0.4 is 5.32 Å². The first kappa shape index (κ1) is 17.0. The predicted octanol–water partition coefficient (Wildman–Crippen LogP) is 4.03. The fourth-order valence-corrected chi connectivity index (χ4v) is 2.97. The van der Waals surface area contributed by atoms with E-state index in [9.17, 15) is 4.79 Å². The summed E-state index contributed by atoms with van der Waals surface area (Å²) in [6, 6.07) is 21.9. The second-order valence-electron chi connectivity index (χ2n) is 5.21. The van der Waals surface area contributed by atoms with Crippen LogP contribution in [0.2, 0.25) is 0 Å². The van der Waals surface area contributed by atoms with E-state index < -0.39 is 5.97 Å². The molecule has 0 bridgehead atoms. The van der Waals surface area contributed by atoms with Gasteiger partial charge in [-0.2, -0.15) is 0 Å². The number of nitrogens with zero attached hydrogens (tertiary/aromatic N) is 2. The third-order valence-corrected chi connectivity index (χ3v) is 4.45. The van der Waals surface area contributed by atoms with Gasteiger partial charge in [0, 0.05) is 16.3 Å². The number of hydrogen-bond donors (Lipinski definition) is 1. The number of nitrogens with one attached hydrogen (secondary N) is 1. The monoisotopic (exact) mass is 351 g/mol. The van der Waals surface area contributed by atoms with Crippen molar-refractivity contribution in [3.63, 3.8) is 0 Å². The molecule has 1 N–H and O–H groups in total. The summed E-state index contributed by atoms with van der Waals surface area (Å²) in [5.41, 5.74) is 1.33. The van der Waals surface area contributed by atoms with Gasteiger partial charge in [0.2, 0.25) is 0 Å². The summed E-state index contributed by atoms with van der Waals surface area (Å²) in [6.45, 7) is 0.628. The highest BCUT2D eigenvalue weighted by Gasteiger charge is 2.07. The maximum Gasteiger partial charge on any atom is 0.358 e. The zero-order chi connectivity index (χ0) is 17.5. The van der Waals surface area contributed by atoms with Crippen molar-refractivity contribution in [1.82, 2.24) is 10.2 Å².